The van der Waals surface area contributed by atoms with Gasteiger partial charge in [0, 0.05) is 55.9 Å². The summed E-state index contributed by atoms with van der Waals surface area (Å²) in [6.45, 7) is 9.68. The van der Waals surface area contributed by atoms with Crippen LogP contribution in [0.25, 0.3) is 0 Å². The number of aromatic nitrogens is 1. The lowest BCUT2D eigenvalue weighted by Crippen LogP contribution is -2.51. The third-order valence-electron chi connectivity index (χ3n) is 4.03. The van der Waals surface area contributed by atoms with Crippen molar-refractivity contribution >= 4 is 5.69 Å². The molecule has 0 bridgehead atoms. The summed E-state index contributed by atoms with van der Waals surface area (Å²) >= 11 is 0. The second-order valence-corrected chi connectivity index (χ2v) is 5.27. The second-order valence-electron chi connectivity index (χ2n) is 5.27. The van der Waals surface area contributed by atoms with Crippen molar-refractivity contribution in [2.75, 3.05) is 38.1 Å². The second kappa shape index (κ2) is 6.87. The summed E-state index contributed by atoms with van der Waals surface area (Å²) in [5.74, 6) is 0. The average molecular weight is 262 g/mol. The van der Waals surface area contributed by atoms with Crippen LogP contribution in [0.2, 0.25) is 0 Å². The van der Waals surface area contributed by atoms with Gasteiger partial charge in [0.2, 0.25) is 0 Å². The molecule has 1 N–H and O–H groups in total. The van der Waals surface area contributed by atoms with E-state index in [-0.39, 0.29) is 0 Å². The molecule has 1 aliphatic rings. The van der Waals surface area contributed by atoms with Gasteiger partial charge in [-0.15, -0.1) is 0 Å². The first-order chi connectivity index (χ1) is 9.26. The molecule has 1 saturated heterocycles. The number of piperazine rings is 1. The van der Waals surface area contributed by atoms with Crippen molar-refractivity contribution in [2.24, 2.45) is 0 Å². The maximum absolute atomic E-state index is 4.27. The molecule has 1 aromatic rings. The molecule has 4 heteroatoms. The van der Waals surface area contributed by atoms with Crippen LogP contribution in [0.4, 0.5) is 5.69 Å². The largest absolute Gasteiger partial charge is 0.368 e. The highest BCUT2D eigenvalue weighted by Gasteiger charge is 2.24. The number of pyridine rings is 1. The van der Waals surface area contributed by atoms with Crippen LogP contribution in [0.15, 0.2) is 18.5 Å². The summed E-state index contributed by atoms with van der Waals surface area (Å²) in [6.07, 6.45) is 5.11. The Bertz CT molecular complexity index is 393. The van der Waals surface area contributed by atoms with E-state index in [9.17, 15) is 0 Å². The first-order valence-electron chi connectivity index (χ1n) is 7.35. The molecule has 19 heavy (non-hydrogen) atoms. The molecule has 1 fully saturated rings. The van der Waals surface area contributed by atoms with E-state index in [1.54, 1.807) is 0 Å². The zero-order chi connectivity index (χ0) is 13.7. The molecule has 1 unspecified atom stereocenters. The number of hydrogen-bond acceptors (Lipinski definition) is 4. The van der Waals surface area contributed by atoms with Crippen molar-refractivity contribution in [3.63, 3.8) is 0 Å². The van der Waals surface area contributed by atoms with E-state index in [0.29, 0.717) is 6.04 Å². The van der Waals surface area contributed by atoms with Gasteiger partial charge in [-0.3, -0.25) is 9.88 Å². The van der Waals surface area contributed by atoms with Gasteiger partial charge in [-0.25, -0.2) is 0 Å². The van der Waals surface area contributed by atoms with Crippen molar-refractivity contribution in [1.29, 1.82) is 0 Å². The maximum Gasteiger partial charge on any atom is 0.0443 e. The molecule has 0 saturated carbocycles. The van der Waals surface area contributed by atoms with E-state index in [0.717, 1.165) is 32.7 Å². The van der Waals surface area contributed by atoms with E-state index < -0.39 is 0 Å². The quantitative estimate of drug-likeness (QED) is 0.875. The molecule has 4 nitrogen and oxygen atoms in total. The summed E-state index contributed by atoms with van der Waals surface area (Å²) < 4.78 is 0. The normalized spacial score (nSPS) is 20.8. The van der Waals surface area contributed by atoms with E-state index in [1.807, 2.05) is 12.4 Å². The van der Waals surface area contributed by atoms with Crippen LogP contribution in [0.5, 0.6) is 0 Å². The molecule has 0 spiro atoms. The third-order valence-corrected chi connectivity index (χ3v) is 4.03. The third kappa shape index (κ3) is 3.45. The van der Waals surface area contributed by atoms with Crippen molar-refractivity contribution in [3.8, 4) is 0 Å². The SMILES string of the molecule is CCNCc1cnccc1N1CCN(C)C(CC)C1. The fourth-order valence-electron chi connectivity index (χ4n) is 2.73. The fraction of sp³-hybridized carbons (Fsp3) is 0.667. The van der Waals surface area contributed by atoms with Gasteiger partial charge in [0.25, 0.3) is 0 Å². The molecule has 0 amide bonds. The zero-order valence-corrected chi connectivity index (χ0v) is 12.4. The number of anilines is 1. The molecule has 2 rings (SSSR count). The van der Waals surface area contributed by atoms with E-state index in [2.05, 4.69) is 47.1 Å². The molecule has 106 valence electrons. The Morgan fingerprint density at radius 1 is 1.37 bits per heavy atom. The number of nitrogens with zero attached hydrogens (tertiary/aromatic N) is 3. The number of rotatable bonds is 5. The zero-order valence-electron chi connectivity index (χ0n) is 12.4. The van der Waals surface area contributed by atoms with Gasteiger partial charge in [0.05, 0.1) is 0 Å². The van der Waals surface area contributed by atoms with Crippen LogP contribution in [0.3, 0.4) is 0 Å². The lowest BCUT2D eigenvalue weighted by Gasteiger charge is -2.41. The molecule has 1 aromatic heterocycles. The predicted molar refractivity (Wildman–Crippen MR) is 80.5 cm³/mol. The first-order valence-corrected chi connectivity index (χ1v) is 7.35. The van der Waals surface area contributed by atoms with E-state index in [1.165, 1.54) is 17.7 Å². The van der Waals surface area contributed by atoms with Crippen LogP contribution < -0.4 is 10.2 Å². The Hall–Kier alpha value is -1.13. The molecule has 0 aromatic carbocycles. The fourth-order valence-corrected chi connectivity index (χ4v) is 2.73. The summed E-state index contributed by atoms with van der Waals surface area (Å²) in [7, 11) is 2.23. The molecular weight excluding hydrogens is 236 g/mol. The van der Waals surface area contributed by atoms with Gasteiger partial charge >= 0.3 is 0 Å². The topological polar surface area (TPSA) is 31.4 Å². The minimum absolute atomic E-state index is 0.661. The lowest BCUT2D eigenvalue weighted by molar-refractivity contribution is 0.213. The van der Waals surface area contributed by atoms with Crippen LogP contribution in [-0.4, -0.2) is 49.2 Å². The van der Waals surface area contributed by atoms with Crippen molar-refractivity contribution in [2.45, 2.75) is 32.9 Å². The highest BCUT2D eigenvalue weighted by Crippen LogP contribution is 2.23. The monoisotopic (exact) mass is 262 g/mol. The van der Waals surface area contributed by atoms with Gasteiger partial charge in [0.15, 0.2) is 0 Å². The molecular formula is C15H26N4. The van der Waals surface area contributed by atoms with E-state index >= 15 is 0 Å². The van der Waals surface area contributed by atoms with Crippen LogP contribution in [0, 0.1) is 0 Å². The standard InChI is InChI=1S/C15H26N4/c1-4-14-12-19(9-8-18(14)3)15-6-7-17-11-13(15)10-16-5-2/h6-7,11,14,16H,4-5,8-10,12H2,1-3H3. The van der Waals surface area contributed by atoms with Crippen LogP contribution >= 0.6 is 0 Å². The molecule has 1 aliphatic heterocycles. The van der Waals surface area contributed by atoms with Crippen LogP contribution in [0.1, 0.15) is 25.8 Å². The van der Waals surface area contributed by atoms with Gasteiger partial charge in [-0.2, -0.15) is 0 Å². The van der Waals surface area contributed by atoms with Gasteiger partial charge in [0.1, 0.15) is 0 Å². The summed E-state index contributed by atoms with van der Waals surface area (Å²) in [5, 5.41) is 3.40. The molecule has 1 atom stereocenters. The Labute approximate surface area is 116 Å². The molecule has 2 heterocycles. The van der Waals surface area contributed by atoms with E-state index in [4.69, 9.17) is 0 Å². The van der Waals surface area contributed by atoms with Gasteiger partial charge in [-0.1, -0.05) is 13.8 Å². The minimum Gasteiger partial charge on any atom is -0.368 e. The van der Waals surface area contributed by atoms with Gasteiger partial charge in [-0.05, 0) is 26.1 Å². The predicted octanol–water partition coefficient (Wildman–Crippen LogP) is 1.72. The van der Waals surface area contributed by atoms with Crippen LogP contribution in [-0.2, 0) is 6.54 Å². The Morgan fingerprint density at radius 3 is 2.95 bits per heavy atom. The molecule has 0 aliphatic carbocycles. The minimum atomic E-state index is 0.661. The molecule has 0 radical (unpaired) electrons. The Kier molecular flexibility index (Phi) is 5.16. The van der Waals surface area contributed by atoms with Crippen molar-refractivity contribution < 1.29 is 0 Å². The number of likely N-dealkylation sites (N-methyl/N-ethyl adjacent to an activating group) is 1. The lowest BCUT2D eigenvalue weighted by atomic mass is 10.1. The smallest absolute Gasteiger partial charge is 0.0443 e. The maximum atomic E-state index is 4.27. The summed E-state index contributed by atoms with van der Waals surface area (Å²) in [6, 6.07) is 2.82. The number of nitrogens with one attached hydrogen (secondary N) is 1. The first kappa shape index (κ1) is 14.3. The summed E-state index contributed by atoms with van der Waals surface area (Å²) in [5.41, 5.74) is 2.66. The van der Waals surface area contributed by atoms with Crippen molar-refractivity contribution in [3.05, 3.63) is 24.0 Å². The highest BCUT2D eigenvalue weighted by atomic mass is 15.3. The highest BCUT2D eigenvalue weighted by molar-refractivity contribution is 5.52. The Morgan fingerprint density at radius 2 is 2.21 bits per heavy atom. The Balaban J connectivity index is 2.12. The summed E-state index contributed by atoms with van der Waals surface area (Å²) in [4.78, 5) is 9.26. The number of hydrogen-bond donors (Lipinski definition) is 1. The average Bonchev–Trinajstić information content (AvgIpc) is 2.46. The van der Waals surface area contributed by atoms with Crippen molar-refractivity contribution in [1.82, 2.24) is 15.2 Å². The van der Waals surface area contributed by atoms with Gasteiger partial charge < -0.3 is 10.2 Å².